The third-order valence-corrected chi connectivity index (χ3v) is 3.88. The molecule has 0 N–H and O–H groups in total. The molecule has 0 saturated carbocycles. The molecule has 26 heavy (non-hydrogen) atoms. The van der Waals surface area contributed by atoms with Crippen LogP contribution in [0.3, 0.4) is 0 Å². The highest BCUT2D eigenvalue weighted by Crippen LogP contribution is 2.33. The molecule has 0 atom stereocenters. The first-order chi connectivity index (χ1) is 12.2. The summed E-state index contributed by atoms with van der Waals surface area (Å²) in [7, 11) is 0. The van der Waals surface area contributed by atoms with E-state index in [9.17, 15) is 22.4 Å². The average molecular weight is 370 g/mol. The summed E-state index contributed by atoms with van der Waals surface area (Å²) in [5.41, 5.74) is -2.06. The van der Waals surface area contributed by atoms with Crippen molar-refractivity contribution in [2.24, 2.45) is 0 Å². The first-order valence-electron chi connectivity index (χ1n) is 7.88. The molecule has 8 heteroatoms. The van der Waals surface area contributed by atoms with Gasteiger partial charge in [0, 0.05) is 6.54 Å². The quantitative estimate of drug-likeness (QED) is 0.438. The van der Waals surface area contributed by atoms with Gasteiger partial charge < -0.3 is 9.64 Å². The van der Waals surface area contributed by atoms with Gasteiger partial charge in [-0.05, 0) is 26.3 Å². The Labute approximate surface area is 148 Å². The number of aromatic nitrogens is 1. The molecule has 1 aromatic heterocycles. The van der Waals surface area contributed by atoms with E-state index < -0.39 is 40.7 Å². The van der Waals surface area contributed by atoms with Crippen LogP contribution in [0.2, 0.25) is 0 Å². The highest BCUT2D eigenvalue weighted by molar-refractivity contribution is 5.84. The van der Waals surface area contributed by atoms with Gasteiger partial charge >= 0.3 is 5.97 Å². The fourth-order valence-corrected chi connectivity index (χ4v) is 2.45. The third-order valence-electron chi connectivity index (χ3n) is 3.88. The molecule has 0 radical (unpaired) electrons. The van der Waals surface area contributed by atoms with E-state index in [2.05, 4.69) is 4.98 Å². The van der Waals surface area contributed by atoms with Crippen molar-refractivity contribution in [1.82, 2.24) is 4.98 Å². The maximum absolute atomic E-state index is 14.3. The van der Waals surface area contributed by atoms with Gasteiger partial charge in [0.05, 0.1) is 6.61 Å². The topological polar surface area (TPSA) is 42.4 Å². The van der Waals surface area contributed by atoms with Gasteiger partial charge in [-0.25, -0.2) is 4.79 Å². The zero-order valence-corrected chi connectivity index (χ0v) is 14.5. The molecule has 0 spiro atoms. The minimum absolute atomic E-state index is 0.0332. The molecule has 2 rings (SSSR count). The van der Waals surface area contributed by atoms with E-state index in [4.69, 9.17) is 4.74 Å². The maximum atomic E-state index is 14.3. The van der Waals surface area contributed by atoms with Gasteiger partial charge in [-0.15, -0.1) is 0 Å². The molecule has 0 aliphatic rings. The van der Waals surface area contributed by atoms with Gasteiger partial charge in [0.1, 0.15) is 11.2 Å². The number of esters is 1. The van der Waals surface area contributed by atoms with E-state index in [1.165, 1.54) is 13.8 Å². The molecular weight excluding hydrogens is 352 g/mol. The summed E-state index contributed by atoms with van der Waals surface area (Å²) in [5.74, 6) is -7.75. The van der Waals surface area contributed by atoms with E-state index in [0.717, 1.165) is 4.90 Å². The molecule has 0 aliphatic carbocycles. The van der Waals surface area contributed by atoms with Crippen molar-refractivity contribution in [2.75, 3.05) is 11.5 Å². The largest absolute Gasteiger partial charge is 0.464 e. The summed E-state index contributed by atoms with van der Waals surface area (Å²) in [5, 5.41) is 0. The Bertz CT molecular complexity index is 771. The summed E-state index contributed by atoms with van der Waals surface area (Å²) in [6.07, 6.45) is 0. The number of nitrogens with zero attached hydrogens (tertiary/aromatic N) is 2. The van der Waals surface area contributed by atoms with Crippen LogP contribution in [-0.2, 0) is 16.1 Å². The lowest BCUT2D eigenvalue weighted by Gasteiger charge is -2.38. The van der Waals surface area contributed by atoms with E-state index in [1.54, 1.807) is 37.3 Å². The van der Waals surface area contributed by atoms with Gasteiger partial charge in [0.25, 0.3) is 11.9 Å². The van der Waals surface area contributed by atoms with Gasteiger partial charge in [0.2, 0.25) is 11.6 Å². The van der Waals surface area contributed by atoms with Crippen LogP contribution in [0.5, 0.6) is 0 Å². The van der Waals surface area contributed by atoms with Crippen molar-refractivity contribution in [3.63, 3.8) is 0 Å². The van der Waals surface area contributed by atoms with Gasteiger partial charge in [-0.3, -0.25) is 0 Å². The molecule has 0 fully saturated rings. The van der Waals surface area contributed by atoms with Crippen molar-refractivity contribution in [1.29, 1.82) is 0 Å². The molecule has 0 bridgehead atoms. The Balaban J connectivity index is 2.64. The molecule has 140 valence electrons. The standard InChI is InChI=1S/C18H18F4N2O2/c1-4-26-17(25)18(2,3)24(10-11-8-6-5-7-9-11)14-12(19)15(21)23-16(22)13(14)20/h5-9H,4,10H2,1-3H3. The van der Waals surface area contributed by atoms with Crippen LogP contribution in [0.15, 0.2) is 30.3 Å². The van der Waals surface area contributed by atoms with Crippen LogP contribution >= 0.6 is 0 Å². The summed E-state index contributed by atoms with van der Waals surface area (Å²) in [4.78, 5) is 15.8. The number of carbonyl (C=O) groups excluding carboxylic acids is 1. The van der Waals surface area contributed by atoms with E-state index in [0.29, 0.717) is 5.56 Å². The minimum atomic E-state index is -1.79. The normalized spacial score (nSPS) is 11.3. The van der Waals surface area contributed by atoms with Gasteiger partial charge in [-0.2, -0.15) is 22.5 Å². The fraction of sp³-hybridized carbons (Fsp3) is 0.333. The molecule has 2 aromatic rings. The molecule has 0 amide bonds. The van der Waals surface area contributed by atoms with Gasteiger partial charge in [0.15, 0.2) is 0 Å². The van der Waals surface area contributed by atoms with Crippen LogP contribution in [0.25, 0.3) is 0 Å². The van der Waals surface area contributed by atoms with Crippen molar-refractivity contribution < 1.29 is 27.1 Å². The van der Waals surface area contributed by atoms with Crippen molar-refractivity contribution >= 4 is 11.7 Å². The third kappa shape index (κ3) is 3.79. The summed E-state index contributed by atoms with van der Waals surface area (Å²) < 4.78 is 60.9. The lowest BCUT2D eigenvalue weighted by atomic mass is 10.00. The molecule has 0 aliphatic heterocycles. The Kier molecular flexibility index (Phi) is 5.84. The van der Waals surface area contributed by atoms with Crippen molar-refractivity contribution in [3.8, 4) is 0 Å². The Morgan fingerprint density at radius 1 is 1.08 bits per heavy atom. The van der Waals surface area contributed by atoms with Crippen LogP contribution in [0.4, 0.5) is 23.2 Å². The lowest BCUT2D eigenvalue weighted by Crippen LogP contribution is -2.51. The van der Waals surface area contributed by atoms with E-state index in [1.807, 2.05) is 0 Å². The average Bonchev–Trinajstić information content (AvgIpc) is 2.60. The van der Waals surface area contributed by atoms with Crippen molar-refractivity contribution in [3.05, 3.63) is 59.4 Å². The number of carbonyl (C=O) groups is 1. The van der Waals surface area contributed by atoms with E-state index in [-0.39, 0.29) is 13.2 Å². The number of hydrogen-bond acceptors (Lipinski definition) is 4. The Morgan fingerprint density at radius 3 is 2.12 bits per heavy atom. The lowest BCUT2D eigenvalue weighted by molar-refractivity contribution is -0.148. The second kappa shape index (κ2) is 7.72. The zero-order chi connectivity index (χ0) is 19.5. The fourth-order valence-electron chi connectivity index (χ4n) is 2.45. The number of ether oxygens (including phenoxy) is 1. The second-order valence-corrected chi connectivity index (χ2v) is 6.02. The number of hydrogen-bond donors (Lipinski definition) is 0. The molecule has 4 nitrogen and oxygen atoms in total. The predicted molar refractivity (Wildman–Crippen MR) is 87.4 cm³/mol. The van der Waals surface area contributed by atoms with E-state index >= 15 is 0 Å². The maximum Gasteiger partial charge on any atom is 0.331 e. The summed E-state index contributed by atoms with van der Waals surface area (Å²) >= 11 is 0. The number of benzene rings is 1. The van der Waals surface area contributed by atoms with Crippen molar-refractivity contribution in [2.45, 2.75) is 32.9 Å². The Morgan fingerprint density at radius 2 is 1.62 bits per heavy atom. The number of rotatable bonds is 6. The summed E-state index contributed by atoms with van der Waals surface area (Å²) in [6, 6.07) is 8.41. The Hall–Kier alpha value is -2.64. The highest BCUT2D eigenvalue weighted by atomic mass is 19.2. The highest BCUT2D eigenvalue weighted by Gasteiger charge is 2.40. The smallest absolute Gasteiger partial charge is 0.331 e. The first kappa shape index (κ1) is 19.7. The minimum Gasteiger partial charge on any atom is -0.464 e. The number of pyridine rings is 1. The monoisotopic (exact) mass is 370 g/mol. The zero-order valence-electron chi connectivity index (χ0n) is 14.5. The molecule has 1 heterocycles. The molecular formula is C18H18F4N2O2. The second-order valence-electron chi connectivity index (χ2n) is 6.02. The SMILES string of the molecule is CCOC(=O)C(C)(C)N(Cc1ccccc1)c1c(F)c(F)nc(F)c1F. The van der Waals surface area contributed by atoms with Crippen LogP contribution in [-0.4, -0.2) is 23.1 Å². The molecule has 0 unspecified atom stereocenters. The first-order valence-corrected chi connectivity index (χ1v) is 7.88. The van der Waals surface area contributed by atoms with Crippen LogP contribution < -0.4 is 4.90 Å². The number of anilines is 1. The number of halogens is 4. The van der Waals surface area contributed by atoms with Crippen LogP contribution in [0.1, 0.15) is 26.3 Å². The molecule has 1 aromatic carbocycles. The van der Waals surface area contributed by atoms with Crippen LogP contribution in [0, 0.1) is 23.5 Å². The molecule has 0 saturated heterocycles. The summed E-state index contributed by atoms with van der Waals surface area (Å²) in [6.45, 7) is 4.11. The van der Waals surface area contributed by atoms with Gasteiger partial charge in [-0.1, -0.05) is 30.3 Å². The predicted octanol–water partition coefficient (Wildman–Crippen LogP) is 3.99.